The van der Waals surface area contributed by atoms with Crippen LogP contribution in [0.5, 0.6) is 11.5 Å². The molecule has 4 nitrogen and oxygen atoms in total. The van der Waals surface area contributed by atoms with Crippen molar-refractivity contribution in [2.24, 2.45) is 0 Å². The largest absolute Gasteiger partial charge is 0.491 e. The molecule has 1 amide bonds. The molecule has 0 saturated heterocycles. The molecule has 0 aromatic heterocycles. The molecule has 0 bridgehead atoms. The maximum atomic E-state index is 12.0. The van der Waals surface area contributed by atoms with Gasteiger partial charge in [-0.15, -0.1) is 0 Å². The first-order valence-corrected chi connectivity index (χ1v) is 9.74. The van der Waals surface area contributed by atoms with Crippen LogP contribution in [0.3, 0.4) is 0 Å². The number of fused-ring (bicyclic) bond motifs is 1. The second kappa shape index (κ2) is 9.79. The van der Waals surface area contributed by atoms with Crippen molar-refractivity contribution in [3.63, 3.8) is 0 Å². The average Bonchev–Trinajstić information content (AvgIpc) is 2.69. The van der Waals surface area contributed by atoms with Gasteiger partial charge in [-0.3, -0.25) is 4.79 Å². The summed E-state index contributed by atoms with van der Waals surface area (Å²) < 4.78 is 11.3. The van der Waals surface area contributed by atoms with Crippen LogP contribution in [0.25, 0.3) is 10.8 Å². The summed E-state index contributed by atoms with van der Waals surface area (Å²) in [6.07, 6.45) is 1.92. The van der Waals surface area contributed by atoms with Crippen LogP contribution >= 0.6 is 0 Å². The van der Waals surface area contributed by atoms with E-state index in [1.54, 1.807) is 0 Å². The number of aryl methyl sites for hydroxylation is 1. The molecule has 0 atom stereocenters. The van der Waals surface area contributed by atoms with Gasteiger partial charge in [0.25, 0.3) is 5.91 Å². The molecule has 0 fully saturated rings. The number of rotatable bonds is 9. The van der Waals surface area contributed by atoms with Crippen LogP contribution in [0.4, 0.5) is 0 Å². The summed E-state index contributed by atoms with van der Waals surface area (Å²) in [4.78, 5) is 12.0. The minimum absolute atomic E-state index is 0.0239. The van der Waals surface area contributed by atoms with Gasteiger partial charge in [-0.2, -0.15) is 0 Å². The maximum Gasteiger partial charge on any atom is 0.257 e. The number of carbonyl (C=O) groups is 1. The van der Waals surface area contributed by atoms with Gasteiger partial charge in [0.1, 0.15) is 11.5 Å². The molecule has 4 heteroatoms. The lowest BCUT2D eigenvalue weighted by atomic mass is 10.1. The SMILES string of the molecule is CC(C)Oc1cccc(CCCNC(=O)COc2ccc3ccccc3c2)c1. The van der Waals surface area contributed by atoms with Crippen molar-refractivity contribution in [2.75, 3.05) is 13.2 Å². The molecule has 146 valence electrons. The van der Waals surface area contributed by atoms with E-state index in [4.69, 9.17) is 9.47 Å². The smallest absolute Gasteiger partial charge is 0.257 e. The van der Waals surface area contributed by atoms with Crippen molar-refractivity contribution in [3.05, 3.63) is 72.3 Å². The number of ether oxygens (including phenoxy) is 2. The number of benzene rings is 3. The van der Waals surface area contributed by atoms with E-state index in [2.05, 4.69) is 23.5 Å². The Hall–Kier alpha value is -3.01. The van der Waals surface area contributed by atoms with Gasteiger partial charge in [0.2, 0.25) is 0 Å². The van der Waals surface area contributed by atoms with E-state index in [0.717, 1.165) is 29.4 Å². The van der Waals surface area contributed by atoms with Crippen LogP contribution in [-0.4, -0.2) is 25.2 Å². The Labute approximate surface area is 166 Å². The molecule has 0 unspecified atom stereocenters. The van der Waals surface area contributed by atoms with E-state index in [-0.39, 0.29) is 18.6 Å². The summed E-state index contributed by atoms with van der Waals surface area (Å²) in [6.45, 7) is 4.68. The van der Waals surface area contributed by atoms with E-state index in [9.17, 15) is 4.79 Å². The molecule has 0 spiro atoms. The van der Waals surface area contributed by atoms with Crippen molar-refractivity contribution >= 4 is 16.7 Å². The van der Waals surface area contributed by atoms with E-state index < -0.39 is 0 Å². The molecule has 3 aromatic rings. The Morgan fingerprint density at radius 2 is 1.75 bits per heavy atom. The third-order valence-corrected chi connectivity index (χ3v) is 4.33. The highest BCUT2D eigenvalue weighted by Crippen LogP contribution is 2.20. The molecule has 0 heterocycles. The molecule has 0 aliphatic carbocycles. The topological polar surface area (TPSA) is 47.6 Å². The summed E-state index contributed by atoms with van der Waals surface area (Å²) in [6, 6.07) is 22.0. The zero-order valence-electron chi connectivity index (χ0n) is 16.5. The minimum atomic E-state index is -0.106. The molecular weight excluding hydrogens is 350 g/mol. The van der Waals surface area contributed by atoms with Crippen molar-refractivity contribution < 1.29 is 14.3 Å². The molecule has 0 saturated carbocycles. The lowest BCUT2D eigenvalue weighted by Crippen LogP contribution is -2.29. The Morgan fingerprint density at radius 1 is 0.929 bits per heavy atom. The summed E-state index contributed by atoms with van der Waals surface area (Å²) in [5.74, 6) is 1.49. The monoisotopic (exact) mass is 377 g/mol. The van der Waals surface area contributed by atoms with Crippen molar-refractivity contribution in [3.8, 4) is 11.5 Å². The zero-order chi connectivity index (χ0) is 19.8. The lowest BCUT2D eigenvalue weighted by molar-refractivity contribution is -0.123. The van der Waals surface area contributed by atoms with Gasteiger partial charge >= 0.3 is 0 Å². The van der Waals surface area contributed by atoms with Crippen molar-refractivity contribution in [2.45, 2.75) is 32.8 Å². The molecule has 3 aromatic carbocycles. The van der Waals surface area contributed by atoms with Gasteiger partial charge in [0.15, 0.2) is 6.61 Å². The van der Waals surface area contributed by atoms with Crippen LogP contribution in [0.15, 0.2) is 66.7 Å². The first-order chi connectivity index (χ1) is 13.6. The van der Waals surface area contributed by atoms with Gasteiger partial charge in [0.05, 0.1) is 6.10 Å². The predicted molar refractivity (Wildman–Crippen MR) is 113 cm³/mol. The second-order valence-corrected chi connectivity index (χ2v) is 7.07. The van der Waals surface area contributed by atoms with Crippen molar-refractivity contribution in [1.82, 2.24) is 5.32 Å². The third kappa shape index (κ3) is 6.02. The van der Waals surface area contributed by atoms with Crippen LogP contribution in [0, 0.1) is 0 Å². The molecule has 0 aliphatic rings. The Kier molecular flexibility index (Phi) is 6.90. The number of amides is 1. The Morgan fingerprint density at radius 3 is 2.57 bits per heavy atom. The maximum absolute atomic E-state index is 12.0. The lowest BCUT2D eigenvalue weighted by Gasteiger charge is -2.11. The van der Waals surface area contributed by atoms with E-state index >= 15 is 0 Å². The highest BCUT2D eigenvalue weighted by Gasteiger charge is 2.04. The fourth-order valence-corrected chi connectivity index (χ4v) is 3.02. The van der Waals surface area contributed by atoms with Gasteiger partial charge in [0, 0.05) is 6.54 Å². The normalized spacial score (nSPS) is 10.8. The highest BCUT2D eigenvalue weighted by atomic mass is 16.5. The number of nitrogens with one attached hydrogen (secondary N) is 1. The molecule has 0 radical (unpaired) electrons. The quantitative estimate of drug-likeness (QED) is 0.547. The van der Waals surface area contributed by atoms with Gasteiger partial charge in [-0.1, -0.05) is 42.5 Å². The first kappa shape index (κ1) is 19.7. The molecule has 28 heavy (non-hydrogen) atoms. The summed E-state index contributed by atoms with van der Waals surface area (Å²) in [7, 11) is 0. The van der Waals surface area contributed by atoms with E-state index in [0.29, 0.717) is 12.3 Å². The molecule has 0 aliphatic heterocycles. The fourth-order valence-electron chi connectivity index (χ4n) is 3.02. The van der Waals surface area contributed by atoms with Gasteiger partial charge in [-0.25, -0.2) is 0 Å². The van der Waals surface area contributed by atoms with Crippen LogP contribution in [0.2, 0.25) is 0 Å². The summed E-state index contributed by atoms with van der Waals surface area (Å²) in [5.41, 5.74) is 1.21. The second-order valence-electron chi connectivity index (χ2n) is 7.07. The number of carbonyl (C=O) groups excluding carboxylic acids is 1. The molecule has 3 rings (SSSR count). The van der Waals surface area contributed by atoms with Crippen LogP contribution in [0.1, 0.15) is 25.8 Å². The van der Waals surface area contributed by atoms with Gasteiger partial charge < -0.3 is 14.8 Å². The predicted octanol–water partition coefficient (Wildman–Crippen LogP) is 4.75. The Bertz CT molecular complexity index is 920. The van der Waals surface area contributed by atoms with Gasteiger partial charge in [-0.05, 0) is 67.3 Å². The van der Waals surface area contributed by atoms with Crippen molar-refractivity contribution in [1.29, 1.82) is 0 Å². The van der Waals surface area contributed by atoms with Crippen LogP contribution < -0.4 is 14.8 Å². The number of hydrogen-bond donors (Lipinski definition) is 1. The Balaban J connectivity index is 1.38. The van der Waals surface area contributed by atoms with E-state index in [1.165, 1.54) is 5.56 Å². The third-order valence-electron chi connectivity index (χ3n) is 4.33. The fraction of sp³-hybridized carbons (Fsp3) is 0.292. The molecule has 1 N–H and O–H groups in total. The summed E-state index contributed by atoms with van der Waals surface area (Å²) in [5, 5.41) is 5.17. The highest BCUT2D eigenvalue weighted by molar-refractivity contribution is 5.84. The minimum Gasteiger partial charge on any atom is -0.491 e. The summed E-state index contributed by atoms with van der Waals surface area (Å²) >= 11 is 0. The molecular formula is C24H27NO3. The zero-order valence-corrected chi connectivity index (χ0v) is 16.5. The standard InChI is InChI=1S/C24H27NO3/c1-18(2)28-23-11-5-7-19(15-23)8-6-14-25-24(26)17-27-22-13-12-20-9-3-4-10-21(20)16-22/h3-5,7,9-13,15-16,18H,6,8,14,17H2,1-2H3,(H,25,26). The average molecular weight is 377 g/mol. The van der Waals surface area contributed by atoms with E-state index in [1.807, 2.05) is 62.4 Å². The first-order valence-electron chi connectivity index (χ1n) is 9.74. The van der Waals surface area contributed by atoms with Crippen LogP contribution in [-0.2, 0) is 11.2 Å². The number of hydrogen-bond acceptors (Lipinski definition) is 3.